The molecule has 0 unspecified atom stereocenters. The SMILES string of the molecule is CSc1nc(OC2CC(C)(C)N(O)C(C)(C)C2)nc(OC2CC(C)(C)N(O)C(C)(C)C2)n1. The Bertz CT molecular complexity index is 734. The summed E-state index contributed by atoms with van der Waals surface area (Å²) in [5, 5.41) is 24.5. The van der Waals surface area contributed by atoms with Gasteiger partial charge in [-0.2, -0.15) is 20.1 Å². The van der Waals surface area contributed by atoms with Crippen molar-refractivity contribution in [3.05, 3.63) is 0 Å². The van der Waals surface area contributed by atoms with Crippen LogP contribution >= 0.6 is 11.8 Å². The molecule has 9 nitrogen and oxygen atoms in total. The third-order valence-electron chi connectivity index (χ3n) is 6.50. The molecule has 0 atom stereocenters. The van der Waals surface area contributed by atoms with E-state index in [1.807, 2.05) is 61.6 Å². The van der Waals surface area contributed by atoms with Gasteiger partial charge in [0.2, 0.25) is 0 Å². The topological polar surface area (TPSA) is 104 Å². The first-order chi connectivity index (χ1) is 14.6. The fourth-order valence-electron chi connectivity index (χ4n) is 5.34. The number of thioether (sulfide) groups is 1. The second-order valence-electron chi connectivity index (χ2n) is 11.6. The second-order valence-corrected chi connectivity index (χ2v) is 12.3. The number of hydrogen-bond donors (Lipinski definition) is 2. The number of aromatic nitrogens is 3. The average Bonchev–Trinajstić information content (AvgIpc) is 2.63. The molecule has 0 spiro atoms. The summed E-state index contributed by atoms with van der Waals surface area (Å²) < 4.78 is 12.4. The zero-order chi connectivity index (χ0) is 24.1. The summed E-state index contributed by atoms with van der Waals surface area (Å²) in [6.07, 6.45) is 4.16. The summed E-state index contributed by atoms with van der Waals surface area (Å²) in [6, 6.07) is 0.473. The summed E-state index contributed by atoms with van der Waals surface area (Å²) in [5.74, 6) is 0. The van der Waals surface area contributed by atoms with Crippen LogP contribution in [0.1, 0.15) is 81.1 Å². The average molecular weight is 470 g/mol. The zero-order valence-corrected chi connectivity index (χ0v) is 21.7. The minimum Gasteiger partial charge on any atom is -0.460 e. The van der Waals surface area contributed by atoms with Crippen LogP contribution in [0.4, 0.5) is 0 Å². The van der Waals surface area contributed by atoms with Gasteiger partial charge < -0.3 is 19.9 Å². The summed E-state index contributed by atoms with van der Waals surface area (Å²) in [6.45, 7) is 16.0. The Kier molecular flexibility index (Phi) is 6.78. The molecule has 2 N–H and O–H groups in total. The zero-order valence-electron chi connectivity index (χ0n) is 20.8. The predicted molar refractivity (Wildman–Crippen MR) is 122 cm³/mol. The van der Waals surface area contributed by atoms with Gasteiger partial charge in [0, 0.05) is 47.8 Å². The van der Waals surface area contributed by atoms with Crippen LogP contribution in [0.3, 0.4) is 0 Å². The van der Waals surface area contributed by atoms with E-state index in [0.717, 1.165) is 0 Å². The van der Waals surface area contributed by atoms with Gasteiger partial charge >= 0.3 is 12.0 Å². The highest BCUT2D eigenvalue weighted by Crippen LogP contribution is 2.39. The smallest absolute Gasteiger partial charge is 0.323 e. The lowest BCUT2D eigenvalue weighted by atomic mass is 9.80. The molecule has 0 aromatic carbocycles. The molecule has 0 aliphatic carbocycles. The van der Waals surface area contributed by atoms with Crippen molar-refractivity contribution in [2.75, 3.05) is 6.26 Å². The van der Waals surface area contributed by atoms with Crippen LogP contribution in [0.15, 0.2) is 5.16 Å². The van der Waals surface area contributed by atoms with Gasteiger partial charge in [0.15, 0.2) is 5.16 Å². The third-order valence-corrected chi connectivity index (χ3v) is 7.05. The van der Waals surface area contributed by atoms with Crippen LogP contribution in [-0.4, -0.2) is 76.1 Å². The molecule has 32 heavy (non-hydrogen) atoms. The highest BCUT2D eigenvalue weighted by Gasteiger charge is 2.47. The van der Waals surface area contributed by atoms with Crippen LogP contribution in [0, 0.1) is 0 Å². The lowest BCUT2D eigenvalue weighted by molar-refractivity contribution is -0.255. The van der Waals surface area contributed by atoms with Crippen molar-refractivity contribution in [1.29, 1.82) is 0 Å². The highest BCUT2D eigenvalue weighted by atomic mass is 32.2. The van der Waals surface area contributed by atoms with E-state index >= 15 is 0 Å². The Balaban J connectivity index is 1.79. The molecule has 2 aliphatic heterocycles. The van der Waals surface area contributed by atoms with Crippen LogP contribution in [0.2, 0.25) is 0 Å². The first-order valence-electron chi connectivity index (χ1n) is 11.2. The van der Waals surface area contributed by atoms with E-state index < -0.39 is 22.2 Å². The molecule has 2 aliphatic rings. The van der Waals surface area contributed by atoms with Crippen molar-refractivity contribution in [3.63, 3.8) is 0 Å². The molecule has 182 valence electrons. The Morgan fingerprint density at radius 2 is 1.00 bits per heavy atom. The number of hydrogen-bond acceptors (Lipinski definition) is 10. The molecule has 3 heterocycles. The van der Waals surface area contributed by atoms with Crippen molar-refractivity contribution in [2.24, 2.45) is 0 Å². The van der Waals surface area contributed by atoms with Crippen molar-refractivity contribution in [1.82, 2.24) is 25.1 Å². The molecule has 0 radical (unpaired) electrons. The molecule has 1 aromatic heterocycles. The molecule has 2 fully saturated rings. The van der Waals surface area contributed by atoms with E-state index in [9.17, 15) is 10.4 Å². The minimum absolute atomic E-state index is 0.149. The van der Waals surface area contributed by atoms with E-state index in [-0.39, 0.29) is 24.2 Å². The van der Waals surface area contributed by atoms with E-state index in [4.69, 9.17) is 9.47 Å². The maximum absolute atomic E-state index is 10.6. The van der Waals surface area contributed by atoms with Gasteiger partial charge in [-0.15, -0.1) is 4.98 Å². The van der Waals surface area contributed by atoms with Crippen LogP contribution in [0.25, 0.3) is 0 Å². The quantitative estimate of drug-likeness (QED) is 0.610. The Labute approximate surface area is 195 Å². The molecule has 10 heteroatoms. The first-order valence-corrected chi connectivity index (χ1v) is 12.4. The van der Waals surface area contributed by atoms with Gasteiger partial charge in [-0.3, -0.25) is 0 Å². The number of rotatable bonds is 5. The standard InChI is InChI=1S/C22H39N5O4S/c1-19(2)10-14(11-20(3,4)26(19)28)30-16-23-17(25-18(24-16)32-9)31-15-12-21(5,6)27(29)22(7,8)13-15/h14-15,28-29H,10-13H2,1-9H3. The number of nitrogens with zero attached hydrogens (tertiary/aromatic N) is 5. The first kappa shape index (κ1) is 25.4. The number of ether oxygens (including phenoxy) is 2. The maximum atomic E-state index is 10.6. The van der Waals surface area contributed by atoms with E-state index in [2.05, 4.69) is 15.0 Å². The van der Waals surface area contributed by atoms with Crippen LogP contribution < -0.4 is 9.47 Å². The van der Waals surface area contributed by atoms with Crippen molar-refractivity contribution in [2.45, 2.75) is 121 Å². The third kappa shape index (κ3) is 5.30. The Hall–Kier alpha value is -1.20. The fourth-order valence-corrected chi connectivity index (χ4v) is 5.68. The molecular weight excluding hydrogens is 430 g/mol. The van der Waals surface area contributed by atoms with Gasteiger partial charge in [0.05, 0.1) is 0 Å². The molecule has 0 amide bonds. The number of hydroxylamine groups is 4. The molecule has 2 saturated heterocycles. The summed E-state index contributed by atoms with van der Waals surface area (Å²) in [5.41, 5.74) is -1.74. The van der Waals surface area contributed by atoms with Gasteiger partial charge in [-0.05, 0) is 61.6 Å². The predicted octanol–water partition coefficient (Wildman–Crippen LogP) is 4.17. The van der Waals surface area contributed by atoms with Gasteiger partial charge in [-0.1, -0.05) is 11.8 Å². The number of piperidine rings is 2. The molecule has 0 bridgehead atoms. The molecule has 0 saturated carbocycles. The summed E-state index contributed by atoms with van der Waals surface area (Å²) >= 11 is 1.40. The largest absolute Gasteiger partial charge is 0.460 e. The van der Waals surface area contributed by atoms with Gasteiger partial charge in [-0.25, -0.2) is 0 Å². The van der Waals surface area contributed by atoms with Crippen molar-refractivity contribution >= 4 is 11.8 Å². The van der Waals surface area contributed by atoms with Crippen molar-refractivity contribution in [3.8, 4) is 12.0 Å². The van der Waals surface area contributed by atoms with Gasteiger partial charge in [0.25, 0.3) is 0 Å². The normalized spacial score (nSPS) is 26.1. The van der Waals surface area contributed by atoms with E-state index in [1.54, 1.807) is 0 Å². The van der Waals surface area contributed by atoms with Gasteiger partial charge in [0.1, 0.15) is 12.2 Å². The van der Waals surface area contributed by atoms with Crippen molar-refractivity contribution < 1.29 is 19.9 Å². The van der Waals surface area contributed by atoms with E-state index in [0.29, 0.717) is 30.8 Å². The fraction of sp³-hybridized carbons (Fsp3) is 0.864. The lowest BCUT2D eigenvalue weighted by Crippen LogP contribution is -2.61. The lowest BCUT2D eigenvalue weighted by Gasteiger charge is -2.51. The summed E-state index contributed by atoms with van der Waals surface area (Å²) in [4.78, 5) is 13.3. The summed E-state index contributed by atoms with van der Waals surface area (Å²) in [7, 11) is 0. The minimum atomic E-state index is -0.434. The van der Waals surface area contributed by atoms with Crippen LogP contribution in [-0.2, 0) is 0 Å². The highest BCUT2D eigenvalue weighted by molar-refractivity contribution is 7.98. The monoisotopic (exact) mass is 469 g/mol. The molecule has 1 aromatic rings. The molecule has 3 rings (SSSR count). The second kappa shape index (κ2) is 8.54. The van der Waals surface area contributed by atoms with Crippen LogP contribution in [0.5, 0.6) is 12.0 Å². The Morgan fingerprint density at radius 3 is 1.28 bits per heavy atom. The maximum Gasteiger partial charge on any atom is 0.323 e. The van der Waals surface area contributed by atoms with E-state index in [1.165, 1.54) is 21.9 Å². The Morgan fingerprint density at radius 1 is 0.688 bits per heavy atom. The molecular formula is C22H39N5O4S.